The summed E-state index contributed by atoms with van der Waals surface area (Å²) in [6, 6.07) is 0. The topological polar surface area (TPSA) is 29.5 Å². The lowest BCUT2D eigenvalue weighted by Gasteiger charge is -2.43. The van der Waals surface area contributed by atoms with Gasteiger partial charge in [-0.05, 0) is 13.8 Å². The zero-order valence-corrected chi connectivity index (χ0v) is 11.5. The third-order valence-electron chi connectivity index (χ3n) is 2.98. The molecule has 94 valence electrons. The average molecular weight is 250 g/mol. The SMILES string of the molecule is CC1(C)C(CC[N+](C)(C)C)OCC(=O)N1Cl. The highest BCUT2D eigenvalue weighted by Crippen LogP contribution is 2.30. The Hall–Kier alpha value is -0.320. The normalized spacial score (nSPS) is 26.0. The second-order valence-electron chi connectivity index (χ2n) is 5.93. The van der Waals surface area contributed by atoms with Crippen molar-refractivity contribution in [3.63, 3.8) is 0 Å². The zero-order valence-electron chi connectivity index (χ0n) is 10.8. The van der Waals surface area contributed by atoms with Gasteiger partial charge in [0.15, 0.2) is 0 Å². The monoisotopic (exact) mass is 249 g/mol. The number of nitrogens with zero attached hydrogens (tertiary/aromatic N) is 2. The molecular formula is C11H22ClN2O2+. The summed E-state index contributed by atoms with van der Waals surface area (Å²) in [4.78, 5) is 11.4. The van der Waals surface area contributed by atoms with Crippen LogP contribution in [-0.2, 0) is 9.53 Å². The predicted octanol–water partition coefficient (Wildman–Crippen LogP) is 1.24. The van der Waals surface area contributed by atoms with Crippen LogP contribution >= 0.6 is 11.8 Å². The third-order valence-corrected chi connectivity index (χ3v) is 3.61. The van der Waals surface area contributed by atoms with Crippen molar-refractivity contribution in [1.29, 1.82) is 0 Å². The summed E-state index contributed by atoms with van der Waals surface area (Å²) >= 11 is 6.00. The third kappa shape index (κ3) is 3.09. The molecule has 0 aromatic carbocycles. The predicted molar refractivity (Wildman–Crippen MR) is 64.0 cm³/mol. The lowest BCUT2D eigenvalue weighted by Crippen LogP contribution is -2.58. The van der Waals surface area contributed by atoms with Crippen LogP contribution in [0.5, 0.6) is 0 Å². The van der Waals surface area contributed by atoms with Crippen LogP contribution in [0.4, 0.5) is 0 Å². The Labute approximate surface area is 103 Å². The van der Waals surface area contributed by atoms with Gasteiger partial charge in [-0.1, -0.05) is 0 Å². The maximum Gasteiger partial charge on any atom is 0.263 e. The molecule has 1 aliphatic heterocycles. The van der Waals surface area contributed by atoms with Gasteiger partial charge in [0.05, 0.1) is 39.3 Å². The first-order valence-electron chi connectivity index (χ1n) is 5.55. The first kappa shape index (κ1) is 13.7. The molecule has 0 aromatic heterocycles. The number of halogens is 1. The molecule has 1 heterocycles. The molecule has 1 atom stereocenters. The molecule has 0 radical (unpaired) electrons. The van der Waals surface area contributed by atoms with Gasteiger partial charge in [0.2, 0.25) is 0 Å². The zero-order chi connectivity index (χ0) is 12.6. The van der Waals surface area contributed by atoms with Gasteiger partial charge >= 0.3 is 0 Å². The van der Waals surface area contributed by atoms with Crippen molar-refractivity contribution in [2.45, 2.75) is 31.9 Å². The van der Waals surface area contributed by atoms with Gasteiger partial charge in [-0.2, -0.15) is 0 Å². The first-order valence-corrected chi connectivity index (χ1v) is 5.89. The Kier molecular flexibility index (Phi) is 3.87. The summed E-state index contributed by atoms with van der Waals surface area (Å²) in [5.74, 6) is -0.159. The second-order valence-corrected chi connectivity index (χ2v) is 6.27. The summed E-state index contributed by atoms with van der Waals surface area (Å²) in [6.07, 6.45) is 0.896. The Balaban J connectivity index is 2.64. The van der Waals surface area contributed by atoms with Gasteiger partial charge in [0, 0.05) is 18.2 Å². The van der Waals surface area contributed by atoms with E-state index in [2.05, 4.69) is 21.1 Å². The number of carbonyl (C=O) groups is 1. The molecule has 1 fully saturated rings. The molecule has 0 saturated carbocycles. The van der Waals surface area contributed by atoms with E-state index in [9.17, 15) is 4.79 Å². The molecule has 4 nitrogen and oxygen atoms in total. The van der Waals surface area contributed by atoms with E-state index in [1.54, 1.807) is 0 Å². The fourth-order valence-corrected chi connectivity index (χ4v) is 1.98. The number of ether oxygens (including phenoxy) is 1. The van der Waals surface area contributed by atoms with Crippen molar-refractivity contribution < 1.29 is 14.0 Å². The minimum atomic E-state index is -0.438. The van der Waals surface area contributed by atoms with Crippen LogP contribution in [0.1, 0.15) is 20.3 Å². The minimum Gasteiger partial charge on any atom is -0.366 e. The summed E-state index contributed by atoms with van der Waals surface area (Å²) in [5, 5.41) is 0. The highest BCUT2D eigenvalue weighted by Gasteiger charge is 2.43. The fraction of sp³-hybridized carbons (Fsp3) is 0.909. The Morgan fingerprint density at radius 2 is 2.06 bits per heavy atom. The van der Waals surface area contributed by atoms with E-state index in [0.717, 1.165) is 17.4 Å². The number of morpholine rings is 1. The molecule has 1 aliphatic rings. The van der Waals surface area contributed by atoms with Crippen LogP contribution < -0.4 is 0 Å². The molecule has 0 spiro atoms. The molecule has 0 aliphatic carbocycles. The fourth-order valence-electron chi connectivity index (χ4n) is 1.82. The van der Waals surface area contributed by atoms with Crippen molar-refractivity contribution in [2.24, 2.45) is 0 Å². The molecule has 1 rings (SSSR count). The van der Waals surface area contributed by atoms with Crippen molar-refractivity contribution in [2.75, 3.05) is 34.3 Å². The highest BCUT2D eigenvalue weighted by atomic mass is 35.5. The van der Waals surface area contributed by atoms with E-state index in [1.807, 2.05) is 13.8 Å². The largest absolute Gasteiger partial charge is 0.366 e. The molecule has 0 bridgehead atoms. The van der Waals surface area contributed by atoms with Crippen LogP contribution in [0.25, 0.3) is 0 Å². The van der Waals surface area contributed by atoms with E-state index in [0.29, 0.717) is 0 Å². The summed E-state index contributed by atoms with van der Waals surface area (Å²) in [7, 11) is 6.42. The van der Waals surface area contributed by atoms with Gasteiger partial charge in [-0.15, -0.1) is 0 Å². The summed E-state index contributed by atoms with van der Waals surface area (Å²) in [5.41, 5.74) is -0.438. The smallest absolute Gasteiger partial charge is 0.263 e. The van der Waals surface area contributed by atoms with Crippen LogP contribution in [0.15, 0.2) is 0 Å². The van der Waals surface area contributed by atoms with Crippen LogP contribution in [-0.4, -0.2) is 60.7 Å². The second kappa shape index (κ2) is 4.51. The Morgan fingerprint density at radius 1 is 1.50 bits per heavy atom. The lowest BCUT2D eigenvalue weighted by atomic mass is 9.92. The summed E-state index contributed by atoms with van der Waals surface area (Å²) in [6.45, 7) is 4.97. The van der Waals surface area contributed by atoms with E-state index in [4.69, 9.17) is 16.5 Å². The average Bonchev–Trinajstić information content (AvgIpc) is 2.12. The van der Waals surface area contributed by atoms with Gasteiger partial charge in [0.1, 0.15) is 6.61 Å². The van der Waals surface area contributed by atoms with Crippen molar-refractivity contribution >= 4 is 17.7 Å². The van der Waals surface area contributed by atoms with Gasteiger partial charge in [0.25, 0.3) is 5.91 Å². The number of hydrogen-bond donors (Lipinski definition) is 0. The summed E-state index contributed by atoms with van der Waals surface area (Å²) < 4.78 is 7.76. The lowest BCUT2D eigenvalue weighted by molar-refractivity contribution is -0.871. The van der Waals surface area contributed by atoms with Crippen molar-refractivity contribution in [1.82, 2.24) is 4.42 Å². The standard InChI is InChI=1S/C11H22ClN2O2/c1-11(2)9(6-7-14(3,4)5)16-8-10(15)13(11)12/h9H,6-8H2,1-5H3/q+1. The molecule has 16 heavy (non-hydrogen) atoms. The van der Waals surface area contributed by atoms with Crippen LogP contribution in [0, 0.1) is 0 Å². The maximum absolute atomic E-state index is 11.4. The number of carbonyl (C=O) groups excluding carboxylic acids is 1. The van der Waals surface area contributed by atoms with Gasteiger partial charge < -0.3 is 9.22 Å². The van der Waals surface area contributed by atoms with Gasteiger partial charge in [-0.25, -0.2) is 4.42 Å². The molecule has 0 aromatic rings. The Bertz CT molecular complexity index is 274. The van der Waals surface area contributed by atoms with E-state index >= 15 is 0 Å². The van der Waals surface area contributed by atoms with E-state index in [1.165, 1.54) is 4.42 Å². The van der Waals surface area contributed by atoms with Gasteiger partial charge in [-0.3, -0.25) is 4.79 Å². The van der Waals surface area contributed by atoms with Crippen LogP contribution in [0.2, 0.25) is 0 Å². The van der Waals surface area contributed by atoms with E-state index < -0.39 is 5.54 Å². The van der Waals surface area contributed by atoms with E-state index in [-0.39, 0.29) is 18.6 Å². The number of amides is 1. The number of rotatable bonds is 3. The van der Waals surface area contributed by atoms with Crippen molar-refractivity contribution in [3.05, 3.63) is 0 Å². The molecule has 0 N–H and O–H groups in total. The van der Waals surface area contributed by atoms with Crippen molar-refractivity contribution in [3.8, 4) is 0 Å². The number of hydrogen-bond acceptors (Lipinski definition) is 2. The molecular weight excluding hydrogens is 228 g/mol. The quantitative estimate of drug-likeness (QED) is 0.557. The first-order chi connectivity index (χ1) is 7.14. The Morgan fingerprint density at radius 3 is 2.56 bits per heavy atom. The maximum atomic E-state index is 11.4. The minimum absolute atomic E-state index is 0.0000463. The molecule has 1 unspecified atom stereocenters. The molecule has 1 saturated heterocycles. The number of quaternary nitrogens is 1. The highest BCUT2D eigenvalue weighted by molar-refractivity contribution is 6.22. The van der Waals surface area contributed by atoms with Crippen LogP contribution in [0.3, 0.4) is 0 Å². The molecule has 5 heteroatoms. The molecule has 1 amide bonds.